The Morgan fingerprint density at radius 1 is 1.12 bits per heavy atom. The Balaban J connectivity index is 1.87. The van der Waals surface area contributed by atoms with E-state index in [2.05, 4.69) is 5.32 Å². The predicted molar refractivity (Wildman–Crippen MR) is 94.3 cm³/mol. The number of ether oxygens (including phenoxy) is 3. The fraction of sp³-hybridized carbons (Fsp3) is 0.278. The summed E-state index contributed by atoms with van der Waals surface area (Å²) >= 11 is 6.03. The van der Waals surface area contributed by atoms with Gasteiger partial charge in [-0.1, -0.05) is 23.7 Å². The van der Waals surface area contributed by atoms with E-state index in [4.69, 9.17) is 25.8 Å². The molecule has 0 aromatic heterocycles. The maximum absolute atomic E-state index is 13.4. The molecule has 0 atom stereocenters. The van der Waals surface area contributed by atoms with Crippen LogP contribution in [-0.2, 0) is 4.79 Å². The van der Waals surface area contributed by atoms with Crippen LogP contribution in [0.4, 0.5) is 10.1 Å². The molecule has 0 heterocycles. The van der Waals surface area contributed by atoms with Crippen LogP contribution in [0.1, 0.15) is 12.8 Å². The molecule has 5 nitrogen and oxygen atoms in total. The molecule has 0 aliphatic heterocycles. The van der Waals surface area contributed by atoms with Crippen LogP contribution in [0.15, 0.2) is 36.4 Å². The number of anilines is 1. The molecule has 0 saturated carbocycles. The van der Waals surface area contributed by atoms with Crippen LogP contribution >= 0.6 is 11.6 Å². The van der Waals surface area contributed by atoms with Crippen LogP contribution in [0.5, 0.6) is 17.2 Å². The summed E-state index contributed by atoms with van der Waals surface area (Å²) in [5, 5.41) is 3.13. The van der Waals surface area contributed by atoms with Crippen molar-refractivity contribution in [2.75, 3.05) is 26.1 Å². The van der Waals surface area contributed by atoms with Gasteiger partial charge in [0.15, 0.2) is 11.6 Å². The lowest BCUT2D eigenvalue weighted by atomic mass is 10.2. The molecule has 0 radical (unpaired) electrons. The molecular formula is C18H19ClFNO4. The molecule has 0 unspecified atom stereocenters. The SMILES string of the molecule is COc1cc(NC(=O)CCCOc2ccccc2F)c(OC)cc1Cl. The third-order valence-corrected chi connectivity index (χ3v) is 3.69. The summed E-state index contributed by atoms with van der Waals surface area (Å²) in [6.07, 6.45) is 0.649. The van der Waals surface area contributed by atoms with Crippen molar-refractivity contribution < 1.29 is 23.4 Å². The van der Waals surface area contributed by atoms with E-state index >= 15 is 0 Å². The number of carbonyl (C=O) groups is 1. The van der Waals surface area contributed by atoms with Crippen LogP contribution in [0.2, 0.25) is 5.02 Å². The van der Waals surface area contributed by atoms with Gasteiger partial charge in [0, 0.05) is 18.6 Å². The van der Waals surface area contributed by atoms with Gasteiger partial charge in [0.1, 0.15) is 11.5 Å². The Bertz CT molecular complexity index is 739. The number of amides is 1. The number of benzene rings is 2. The largest absolute Gasteiger partial charge is 0.495 e. The molecular weight excluding hydrogens is 349 g/mol. The summed E-state index contributed by atoms with van der Waals surface area (Å²) in [5.74, 6) is 0.388. The lowest BCUT2D eigenvalue weighted by Gasteiger charge is -2.13. The highest BCUT2D eigenvalue weighted by atomic mass is 35.5. The number of carbonyl (C=O) groups excluding carboxylic acids is 1. The van der Waals surface area contributed by atoms with Gasteiger partial charge >= 0.3 is 0 Å². The summed E-state index contributed by atoms with van der Waals surface area (Å²) in [6.45, 7) is 0.232. The van der Waals surface area contributed by atoms with Crippen molar-refractivity contribution in [2.45, 2.75) is 12.8 Å². The minimum absolute atomic E-state index is 0.173. The number of halogens is 2. The summed E-state index contributed by atoms with van der Waals surface area (Å²) in [5.41, 5.74) is 0.462. The quantitative estimate of drug-likeness (QED) is 0.707. The number of nitrogens with one attached hydrogen (secondary N) is 1. The van der Waals surface area contributed by atoms with Gasteiger partial charge in [-0.2, -0.15) is 0 Å². The Labute approximate surface area is 150 Å². The molecule has 2 rings (SSSR count). The molecule has 0 spiro atoms. The molecule has 0 bridgehead atoms. The number of hydrogen-bond donors (Lipinski definition) is 1. The first kappa shape index (κ1) is 18.9. The van der Waals surface area contributed by atoms with E-state index in [0.717, 1.165) is 0 Å². The van der Waals surface area contributed by atoms with E-state index in [1.807, 2.05) is 0 Å². The van der Waals surface area contributed by atoms with E-state index in [-0.39, 0.29) is 24.7 Å². The van der Waals surface area contributed by atoms with Crippen LogP contribution in [0.25, 0.3) is 0 Å². The molecule has 25 heavy (non-hydrogen) atoms. The van der Waals surface area contributed by atoms with Gasteiger partial charge in [-0.25, -0.2) is 4.39 Å². The first-order valence-electron chi connectivity index (χ1n) is 7.64. The average molecular weight is 368 g/mol. The fourth-order valence-electron chi connectivity index (χ4n) is 2.15. The van der Waals surface area contributed by atoms with E-state index in [0.29, 0.717) is 28.6 Å². The van der Waals surface area contributed by atoms with Gasteiger partial charge in [-0.05, 0) is 18.6 Å². The molecule has 1 N–H and O–H groups in total. The zero-order valence-corrected chi connectivity index (χ0v) is 14.7. The number of methoxy groups -OCH3 is 2. The second-order valence-corrected chi connectivity index (χ2v) is 5.52. The zero-order valence-electron chi connectivity index (χ0n) is 14.0. The molecule has 0 fully saturated rings. The van der Waals surface area contributed by atoms with Crippen molar-refractivity contribution in [3.05, 3.63) is 47.2 Å². The van der Waals surface area contributed by atoms with Crippen molar-refractivity contribution in [1.82, 2.24) is 0 Å². The Morgan fingerprint density at radius 3 is 2.52 bits per heavy atom. The van der Waals surface area contributed by atoms with Gasteiger partial charge in [0.25, 0.3) is 0 Å². The Morgan fingerprint density at radius 2 is 1.84 bits per heavy atom. The fourth-order valence-corrected chi connectivity index (χ4v) is 2.38. The summed E-state index contributed by atoms with van der Waals surface area (Å²) < 4.78 is 29.1. The highest BCUT2D eigenvalue weighted by Crippen LogP contribution is 2.35. The second-order valence-electron chi connectivity index (χ2n) is 5.12. The summed E-state index contributed by atoms with van der Waals surface area (Å²) in [6, 6.07) is 9.30. The number of rotatable bonds is 8. The highest BCUT2D eigenvalue weighted by molar-refractivity contribution is 6.32. The molecule has 7 heteroatoms. The average Bonchev–Trinajstić information content (AvgIpc) is 2.61. The van der Waals surface area contributed by atoms with E-state index in [9.17, 15) is 9.18 Å². The molecule has 0 saturated heterocycles. The van der Waals surface area contributed by atoms with Crippen LogP contribution < -0.4 is 19.5 Å². The number of para-hydroxylation sites is 1. The van der Waals surface area contributed by atoms with Crippen LogP contribution in [0, 0.1) is 5.82 Å². The van der Waals surface area contributed by atoms with Gasteiger partial charge in [-0.15, -0.1) is 0 Å². The third-order valence-electron chi connectivity index (χ3n) is 3.39. The lowest BCUT2D eigenvalue weighted by molar-refractivity contribution is -0.116. The third kappa shape index (κ3) is 5.26. The first-order chi connectivity index (χ1) is 12.0. The number of hydrogen-bond acceptors (Lipinski definition) is 4. The molecule has 0 aliphatic carbocycles. The molecule has 2 aromatic rings. The monoisotopic (exact) mass is 367 g/mol. The molecule has 134 valence electrons. The standard InChI is InChI=1S/C18H19ClFNO4/c1-23-16-11-14(17(24-2)10-12(16)19)21-18(22)8-5-9-25-15-7-4-3-6-13(15)20/h3-4,6-7,10-11H,5,8-9H2,1-2H3,(H,21,22). The van der Waals surface area contributed by atoms with Crippen LogP contribution in [-0.4, -0.2) is 26.7 Å². The molecule has 1 amide bonds. The van der Waals surface area contributed by atoms with Crippen molar-refractivity contribution in [3.8, 4) is 17.2 Å². The molecule has 0 aliphatic rings. The maximum atomic E-state index is 13.4. The van der Waals surface area contributed by atoms with E-state index in [1.165, 1.54) is 20.3 Å². The maximum Gasteiger partial charge on any atom is 0.224 e. The van der Waals surface area contributed by atoms with Gasteiger partial charge in [0.05, 0.1) is 31.5 Å². The minimum atomic E-state index is -0.426. The Hall–Kier alpha value is -2.47. The second kappa shape index (κ2) is 9.13. The topological polar surface area (TPSA) is 56.8 Å². The Kier molecular flexibility index (Phi) is 6.89. The first-order valence-corrected chi connectivity index (χ1v) is 8.01. The van der Waals surface area contributed by atoms with E-state index in [1.54, 1.807) is 30.3 Å². The van der Waals surface area contributed by atoms with Crippen molar-refractivity contribution in [1.29, 1.82) is 0 Å². The van der Waals surface area contributed by atoms with Crippen LogP contribution in [0.3, 0.4) is 0 Å². The van der Waals surface area contributed by atoms with Crippen molar-refractivity contribution in [2.24, 2.45) is 0 Å². The van der Waals surface area contributed by atoms with Gasteiger partial charge in [0.2, 0.25) is 5.91 Å². The van der Waals surface area contributed by atoms with Crippen molar-refractivity contribution in [3.63, 3.8) is 0 Å². The normalized spacial score (nSPS) is 10.2. The zero-order chi connectivity index (χ0) is 18.2. The minimum Gasteiger partial charge on any atom is -0.495 e. The lowest BCUT2D eigenvalue weighted by Crippen LogP contribution is -2.13. The van der Waals surface area contributed by atoms with Gasteiger partial charge < -0.3 is 19.5 Å². The molecule has 2 aromatic carbocycles. The van der Waals surface area contributed by atoms with Crippen molar-refractivity contribution >= 4 is 23.2 Å². The predicted octanol–water partition coefficient (Wildman–Crippen LogP) is 4.29. The summed E-state index contributed by atoms with van der Waals surface area (Å²) in [7, 11) is 2.97. The summed E-state index contributed by atoms with van der Waals surface area (Å²) in [4.78, 5) is 12.1. The van der Waals surface area contributed by atoms with E-state index < -0.39 is 5.82 Å². The smallest absolute Gasteiger partial charge is 0.224 e. The highest BCUT2D eigenvalue weighted by Gasteiger charge is 2.12. The van der Waals surface area contributed by atoms with Gasteiger partial charge in [-0.3, -0.25) is 4.79 Å².